The van der Waals surface area contributed by atoms with E-state index in [0.717, 1.165) is 38.5 Å². The number of carbonyl (C=O) groups is 4. The Kier molecular flexibility index (Phi) is 16.5. The van der Waals surface area contributed by atoms with Crippen molar-refractivity contribution in [3.05, 3.63) is 68.2 Å². The zero-order valence-corrected chi connectivity index (χ0v) is 43.1. The van der Waals surface area contributed by atoms with Crippen LogP contribution in [0, 0.1) is 23.2 Å². The Balaban J connectivity index is 1.15. The lowest BCUT2D eigenvalue weighted by atomic mass is 9.76. The second-order valence-electron chi connectivity index (χ2n) is 19.2. The first-order chi connectivity index (χ1) is 33.7. The lowest BCUT2D eigenvalue weighted by Crippen LogP contribution is -2.40. The minimum absolute atomic E-state index is 0.0587. The summed E-state index contributed by atoms with van der Waals surface area (Å²) in [7, 11) is 1.39. The molecule has 3 aromatic rings. The Morgan fingerprint density at radius 1 is 0.786 bits per heavy atom. The van der Waals surface area contributed by atoms with Crippen molar-refractivity contribution in [1.82, 2.24) is 9.99 Å². The molecule has 1 N–H and O–H groups in total. The molecule has 70 heavy (non-hydrogen) atoms. The summed E-state index contributed by atoms with van der Waals surface area (Å²) < 4.78 is 51.8. The molecule has 0 aromatic heterocycles. The molecule has 15 nitrogen and oxygen atoms in total. The topological polar surface area (TPSA) is 181 Å². The van der Waals surface area contributed by atoms with Crippen LogP contribution in [0.2, 0.25) is 10.0 Å². The molecule has 5 aliphatic rings. The molecule has 3 fully saturated rings. The van der Waals surface area contributed by atoms with Gasteiger partial charge in [0.25, 0.3) is 14.4 Å². The van der Waals surface area contributed by atoms with Crippen LogP contribution in [0.15, 0.2) is 30.3 Å². The Hall–Kier alpha value is -4.68. The molecule has 376 valence electrons. The zero-order chi connectivity index (χ0) is 49.9. The number of rotatable bonds is 16. The fourth-order valence-corrected chi connectivity index (χ4v) is 12.8. The highest BCUT2D eigenvalue weighted by Gasteiger charge is 2.56. The van der Waals surface area contributed by atoms with Gasteiger partial charge in [0.2, 0.25) is 0 Å². The van der Waals surface area contributed by atoms with Crippen molar-refractivity contribution in [1.29, 1.82) is 5.26 Å². The summed E-state index contributed by atoms with van der Waals surface area (Å²) in [6, 6.07) is 10.1. The average Bonchev–Trinajstić information content (AvgIpc) is 3.65. The van der Waals surface area contributed by atoms with Crippen LogP contribution in [0.3, 0.4) is 0 Å². The lowest BCUT2D eigenvalue weighted by molar-refractivity contribution is -0.140. The van der Waals surface area contributed by atoms with Gasteiger partial charge in [-0.15, -0.1) is 0 Å². The van der Waals surface area contributed by atoms with Gasteiger partial charge < -0.3 is 42.8 Å². The van der Waals surface area contributed by atoms with Gasteiger partial charge in [-0.2, -0.15) is 5.26 Å². The number of benzene rings is 3. The third kappa shape index (κ3) is 10.3. The fourth-order valence-electron chi connectivity index (χ4n) is 10.5. The molecule has 1 spiro atoms. The van der Waals surface area contributed by atoms with Crippen LogP contribution >= 0.6 is 31.7 Å². The van der Waals surface area contributed by atoms with Crippen LogP contribution in [0.4, 0.5) is 0 Å². The van der Waals surface area contributed by atoms with Gasteiger partial charge in [-0.3, -0.25) is 14.4 Å². The van der Waals surface area contributed by atoms with E-state index in [-0.39, 0.29) is 127 Å². The van der Waals surface area contributed by atoms with Gasteiger partial charge >= 0.3 is 17.9 Å². The molecule has 18 heteroatoms. The van der Waals surface area contributed by atoms with E-state index in [1.54, 1.807) is 30.3 Å². The van der Waals surface area contributed by atoms with E-state index in [1.165, 1.54) is 14.2 Å². The lowest BCUT2D eigenvalue weighted by Gasteiger charge is -2.39. The Morgan fingerprint density at radius 3 is 1.80 bits per heavy atom. The quantitative estimate of drug-likeness (QED) is 0.0619. The van der Waals surface area contributed by atoms with Crippen molar-refractivity contribution in [2.75, 3.05) is 20.8 Å². The maximum Gasteiger partial charge on any atom is 0.340 e. The molecule has 0 radical (unpaired) electrons. The number of methoxy groups -OCH3 is 2. The number of esters is 3. The predicted molar refractivity (Wildman–Crippen MR) is 262 cm³/mol. The van der Waals surface area contributed by atoms with Gasteiger partial charge in [0.15, 0.2) is 40.1 Å². The van der Waals surface area contributed by atoms with Crippen molar-refractivity contribution in [3.63, 3.8) is 0 Å². The molecule has 3 aliphatic carbocycles. The molecule has 1 amide bonds. The first kappa shape index (κ1) is 51.7. The number of halogens is 2. The summed E-state index contributed by atoms with van der Waals surface area (Å²) in [6.45, 7) is 8.67. The second-order valence-corrected chi connectivity index (χ2v) is 21.4. The van der Waals surface area contributed by atoms with Crippen molar-refractivity contribution in [2.24, 2.45) is 11.8 Å². The van der Waals surface area contributed by atoms with Crippen LogP contribution in [-0.4, -0.2) is 73.5 Å². The number of hydrogen-bond acceptors (Lipinski definition) is 14. The van der Waals surface area contributed by atoms with Crippen molar-refractivity contribution in [3.8, 4) is 40.6 Å². The molecular formula is C52H62Cl2N3O12P. The SMILES string of the molecule is COc1cc2c(c(Cl)c1OC(=O)C1CCCCC1)Oc1c(cc(OC)c(OC(=O)C3CCCCC3)c1Cl)C21OC(=O)c2ccc(C(=O)NC3CCC(OP(OCCC#N)N(C(C)C)C(C)C)CC3)cc21. The highest BCUT2D eigenvalue weighted by atomic mass is 35.5. The number of hydrogen-bond donors (Lipinski definition) is 1. The van der Waals surface area contributed by atoms with E-state index in [4.69, 9.17) is 65.9 Å². The number of fused-ring (bicyclic) bond motifs is 6. The monoisotopic (exact) mass is 1020 g/mol. The third-order valence-corrected chi connectivity index (χ3v) is 16.9. The third-order valence-electron chi connectivity index (χ3n) is 14.0. The summed E-state index contributed by atoms with van der Waals surface area (Å²) in [5, 5.41) is 12.0. The number of ether oxygens (including phenoxy) is 6. The summed E-state index contributed by atoms with van der Waals surface area (Å²) in [5.41, 5.74) is -0.845. The van der Waals surface area contributed by atoms with Crippen LogP contribution < -0.4 is 29.0 Å². The minimum Gasteiger partial charge on any atom is -0.493 e. The van der Waals surface area contributed by atoms with Gasteiger partial charge in [-0.05, 0) is 109 Å². The van der Waals surface area contributed by atoms with E-state index < -0.39 is 32.0 Å². The summed E-state index contributed by atoms with van der Waals surface area (Å²) >= 11 is 14.5. The number of amides is 1. The largest absolute Gasteiger partial charge is 0.493 e. The van der Waals surface area contributed by atoms with Crippen molar-refractivity contribution in [2.45, 2.75) is 154 Å². The number of carbonyl (C=O) groups excluding carboxylic acids is 4. The standard InChI is InChI=1S/C52H62Cl2N3O12P/c1-29(2)57(30(3)4)70(64-25-13-24-55)69-35-21-19-34(20-22-35)56-48(58)33-18-23-36-37(26-33)52(68-51(36)61)38-27-40(62-5)46(66-49(59)31-14-9-7-10-15-31)42(53)44(38)65-45-39(52)28-41(63-6)47(43(45)54)67-50(60)32-16-11-8-12-17-32/h18,23,26-32,34-35H,7-17,19-22,25H2,1-6H3,(H,56,58). The normalized spacial score (nSPS) is 20.2. The van der Waals surface area contributed by atoms with Gasteiger partial charge in [0, 0.05) is 29.3 Å². The summed E-state index contributed by atoms with van der Waals surface area (Å²) in [6.07, 6.45) is 11.2. The maximum absolute atomic E-state index is 14.3. The van der Waals surface area contributed by atoms with Crippen molar-refractivity contribution >= 4 is 55.5 Å². The highest BCUT2D eigenvalue weighted by molar-refractivity contribution is 7.44. The second kappa shape index (κ2) is 22.4. The summed E-state index contributed by atoms with van der Waals surface area (Å²) in [4.78, 5) is 55.9. The molecule has 0 saturated heterocycles. The molecule has 3 aromatic carbocycles. The Bertz CT molecular complexity index is 2410. The Labute approximate surface area is 421 Å². The predicted octanol–water partition coefficient (Wildman–Crippen LogP) is 11.9. The maximum atomic E-state index is 14.3. The first-order valence-corrected chi connectivity index (χ1v) is 26.5. The fraction of sp³-hybridized carbons (Fsp3) is 0.558. The average molecular weight is 1020 g/mol. The Morgan fingerprint density at radius 2 is 1.31 bits per heavy atom. The summed E-state index contributed by atoms with van der Waals surface area (Å²) in [5.74, 6) is -2.86. The number of nitrogens with zero attached hydrogens (tertiary/aromatic N) is 2. The van der Waals surface area contributed by atoms with E-state index in [9.17, 15) is 19.2 Å². The number of nitriles is 1. The van der Waals surface area contributed by atoms with Crippen LogP contribution in [0.1, 0.15) is 161 Å². The molecule has 2 aliphatic heterocycles. The zero-order valence-electron chi connectivity index (χ0n) is 40.7. The van der Waals surface area contributed by atoms with Gasteiger partial charge in [-0.25, -0.2) is 9.46 Å². The molecule has 8 rings (SSSR count). The van der Waals surface area contributed by atoms with E-state index in [2.05, 4.69) is 43.8 Å². The van der Waals surface area contributed by atoms with Crippen LogP contribution in [0.25, 0.3) is 0 Å². The molecular weight excluding hydrogens is 960 g/mol. The van der Waals surface area contributed by atoms with Gasteiger partial charge in [0.1, 0.15) is 10.0 Å². The minimum atomic E-state index is -1.90. The van der Waals surface area contributed by atoms with Gasteiger partial charge in [0.05, 0.1) is 67.9 Å². The molecule has 1 unspecified atom stereocenters. The molecule has 1 atom stereocenters. The highest BCUT2D eigenvalue weighted by Crippen LogP contribution is 2.64. The van der Waals surface area contributed by atoms with E-state index in [0.29, 0.717) is 51.4 Å². The van der Waals surface area contributed by atoms with Crippen molar-refractivity contribution < 1.29 is 56.6 Å². The van der Waals surface area contributed by atoms with Gasteiger partial charge in [-0.1, -0.05) is 61.7 Å². The van der Waals surface area contributed by atoms with Crippen LogP contribution in [0.5, 0.6) is 34.5 Å². The van der Waals surface area contributed by atoms with E-state index in [1.807, 2.05) is 0 Å². The van der Waals surface area contributed by atoms with E-state index >= 15 is 0 Å². The first-order valence-electron chi connectivity index (χ1n) is 24.6. The molecule has 3 saturated carbocycles. The molecule has 2 heterocycles. The number of nitrogens with one attached hydrogen (secondary N) is 1. The van der Waals surface area contributed by atoms with Crippen LogP contribution in [-0.2, 0) is 29.0 Å². The smallest absolute Gasteiger partial charge is 0.340 e. The molecule has 0 bridgehead atoms.